The molecule has 1 unspecified atom stereocenters. The predicted molar refractivity (Wildman–Crippen MR) is 52.6 cm³/mol. The molecule has 0 aromatic carbocycles. The van der Waals surface area contributed by atoms with Gasteiger partial charge in [0.1, 0.15) is 9.84 Å². The molecule has 0 saturated carbocycles. The third-order valence-electron chi connectivity index (χ3n) is 2.10. The average Bonchev–Trinajstić information content (AvgIpc) is 2.52. The summed E-state index contributed by atoms with van der Waals surface area (Å²) in [6, 6.07) is 1.63. The standard InChI is InChI=1S/C9H14O4S/c1-9(10,4-6-14(2,11)12)8-3-5-13-7-8/h3,5,7,10H,4,6H2,1-2H3. The van der Waals surface area contributed by atoms with Crippen molar-refractivity contribution in [1.29, 1.82) is 0 Å². The van der Waals surface area contributed by atoms with Gasteiger partial charge in [0, 0.05) is 11.8 Å². The normalized spacial score (nSPS) is 16.5. The second-order valence-corrected chi connectivity index (χ2v) is 5.93. The lowest BCUT2D eigenvalue weighted by molar-refractivity contribution is 0.0533. The molecule has 1 aromatic heterocycles. The largest absolute Gasteiger partial charge is 0.472 e. The molecule has 0 saturated heterocycles. The van der Waals surface area contributed by atoms with E-state index >= 15 is 0 Å². The maximum atomic E-state index is 10.9. The highest BCUT2D eigenvalue weighted by atomic mass is 32.2. The van der Waals surface area contributed by atoms with Crippen molar-refractivity contribution in [1.82, 2.24) is 0 Å². The van der Waals surface area contributed by atoms with Crippen molar-refractivity contribution in [2.24, 2.45) is 0 Å². The van der Waals surface area contributed by atoms with Crippen LogP contribution in [0.1, 0.15) is 18.9 Å². The van der Waals surface area contributed by atoms with E-state index in [-0.39, 0.29) is 12.2 Å². The van der Waals surface area contributed by atoms with Crippen LogP contribution in [0.3, 0.4) is 0 Å². The van der Waals surface area contributed by atoms with E-state index in [1.54, 1.807) is 13.0 Å². The molecule has 0 radical (unpaired) electrons. The number of furan rings is 1. The number of hydrogen-bond acceptors (Lipinski definition) is 4. The molecule has 80 valence electrons. The van der Waals surface area contributed by atoms with Gasteiger partial charge in [0.15, 0.2) is 0 Å². The lowest BCUT2D eigenvalue weighted by atomic mass is 9.96. The summed E-state index contributed by atoms with van der Waals surface area (Å²) in [6.07, 6.45) is 4.19. The summed E-state index contributed by atoms with van der Waals surface area (Å²) in [5.41, 5.74) is -0.544. The first-order valence-corrected chi connectivity index (χ1v) is 6.30. The van der Waals surface area contributed by atoms with Crippen LogP contribution < -0.4 is 0 Å². The molecule has 0 aliphatic heterocycles. The van der Waals surface area contributed by atoms with Crippen LogP contribution in [0.25, 0.3) is 0 Å². The highest BCUT2D eigenvalue weighted by molar-refractivity contribution is 7.90. The number of aliphatic hydroxyl groups is 1. The third kappa shape index (κ3) is 3.16. The van der Waals surface area contributed by atoms with Crippen molar-refractivity contribution in [2.75, 3.05) is 12.0 Å². The van der Waals surface area contributed by atoms with Crippen molar-refractivity contribution >= 4 is 9.84 Å². The van der Waals surface area contributed by atoms with Crippen LogP contribution in [0.5, 0.6) is 0 Å². The molecule has 0 aliphatic rings. The second-order valence-electron chi connectivity index (χ2n) is 3.67. The fourth-order valence-corrected chi connectivity index (χ4v) is 1.87. The van der Waals surface area contributed by atoms with E-state index in [1.165, 1.54) is 12.5 Å². The molecule has 0 fully saturated rings. The molecular formula is C9H14O4S. The summed E-state index contributed by atoms with van der Waals surface area (Å²) < 4.78 is 26.6. The molecule has 14 heavy (non-hydrogen) atoms. The van der Waals surface area contributed by atoms with Crippen molar-refractivity contribution in [3.05, 3.63) is 24.2 Å². The third-order valence-corrected chi connectivity index (χ3v) is 3.05. The average molecular weight is 218 g/mol. The van der Waals surface area contributed by atoms with Crippen molar-refractivity contribution in [3.63, 3.8) is 0 Å². The van der Waals surface area contributed by atoms with Gasteiger partial charge in [-0.25, -0.2) is 8.42 Å². The molecule has 1 heterocycles. The predicted octanol–water partition coefficient (Wildman–Crippen LogP) is 0.922. The lowest BCUT2D eigenvalue weighted by Gasteiger charge is -2.20. The van der Waals surface area contributed by atoms with Gasteiger partial charge in [0.2, 0.25) is 0 Å². The number of sulfone groups is 1. The van der Waals surface area contributed by atoms with Crippen LogP contribution in [-0.4, -0.2) is 25.5 Å². The van der Waals surface area contributed by atoms with Gasteiger partial charge in [-0.15, -0.1) is 0 Å². The van der Waals surface area contributed by atoms with Gasteiger partial charge >= 0.3 is 0 Å². The van der Waals surface area contributed by atoms with E-state index in [2.05, 4.69) is 0 Å². The van der Waals surface area contributed by atoms with E-state index in [0.29, 0.717) is 5.56 Å². The topological polar surface area (TPSA) is 67.5 Å². The summed E-state index contributed by atoms with van der Waals surface area (Å²) >= 11 is 0. The van der Waals surface area contributed by atoms with Crippen LogP contribution in [0.2, 0.25) is 0 Å². The highest BCUT2D eigenvalue weighted by Gasteiger charge is 2.25. The SMILES string of the molecule is CC(O)(CCS(C)(=O)=O)c1ccoc1. The maximum absolute atomic E-state index is 10.9. The minimum atomic E-state index is -3.04. The van der Waals surface area contributed by atoms with E-state index in [0.717, 1.165) is 6.26 Å². The van der Waals surface area contributed by atoms with Crippen molar-refractivity contribution in [2.45, 2.75) is 18.9 Å². The Labute approximate surface area is 83.5 Å². The van der Waals surface area contributed by atoms with Gasteiger partial charge < -0.3 is 9.52 Å². The van der Waals surface area contributed by atoms with Gasteiger partial charge in [-0.05, 0) is 19.4 Å². The summed E-state index contributed by atoms with van der Waals surface area (Å²) in [7, 11) is -3.04. The van der Waals surface area contributed by atoms with E-state index < -0.39 is 15.4 Å². The Morgan fingerprint density at radius 1 is 1.57 bits per heavy atom. The molecule has 1 rings (SSSR count). The molecule has 1 atom stereocenters. The summed E-state index contributed by atoms with van der Waals surface area (Å²) in [5.74, 6) is -0.0365. The molecule has 0 aliphatic carbocycles. The Balaban J connectivity index is 2.69. The molecule has 1 N–H and O–H groups in total. The van der Waals surface area contributed by atoms with Gasteiger partial charge in [0.05, 0.1) is 23.9 Å². The van der Waals surface area contributed by atoms with E-state index in [9.17, 15) is 13.5 Å². The zero-order valence-corrected chi connectivity index (χ0v) is 9.04. The summed E-state index contributed by atoms with van der Waals surface area (Å²) in [6.45, 7) is 1.57. The Morgan fingerprint density at radius 3 is 2.64 bits per heavy atom. The monoisotopic (exact) mass is 218 g/mol. The molecule has 5 heteroatoms. The first-order chi connectivity index (χ1) is 6.31. The van der Waals surface area contributed by atoms with Crippen LogP contribution >= 0.6 is 0 Å². The van der Waals surface area contributed by atoms with Gasteiger partial charge in [0.25, 0.3) is 0 Å². The first kappa shape index (κ1) is 11.3. The Bertz CT molecular complexity index is 375. The molecule has 0 amide bonds. The van der Waals surface area contributed by atoms with Gasteiger partial charge in [-0.1, -0.05) is 0 Å². The fraction of sp³-hybridized carbons (Fsp3) is 0.556. The Morgan fingerprint density at radius 2 is 2.21 bits per heavy atom. The molecule has 4 nitrogen and oxygen atoms in total. The van der Waals surface area contributed by atoms with E-state index in [4.69, 9.17) is 4.42 Å². The van der Waals surface area contributed by atoms with Crippen LogP contribution in [-0.2, 0) is 15.4 Å². The Hall–Kier alpha value is -0.810. The lowest BCUT2D eigenvalue weighted by Crippen LogP contribution is -2.24. The van der Waals surface area contributed by atoms with Crippen LogP contribution in [0.15, 0.2) is 23.0 Å². The zero-order valence-electron chi connectivity index (χ0n) is 8.23. The highest BCUT2D eigenvalue weighted by Crippen LogP contribution is 2.24. The van der Waals surface area contributed by atoms with Gasteiger partial charge in [-0.2, -0.15) is 0 Å². The first-order valence-electron chi connectivity index (χ1n) is 4.24. The number of rotatable bonds is 4. The molecular weight excluding hydrogens is 204 g/mol. The van der Waals surface area contributed by atoms with Gasteiger partial charge in [-0.3, -0.25) is 0 Å². The maximum Gasteiger partial charge on any atom is 0.147 e. The Kier molecular flexibility index (Phi) is 3.01. The smallest absolute Gasteiger partial charge is 0.147 e. The van der Waals surface area contributed by atoms with Crippen LogP contribution in [0, 0.1) is 0 Å². The molecule has 1 aromatic rings. The van der Waals surface area contributed by atoms with Crippen LogP contribution in [0.4, 0.5) is 0 Å². The molecule has 0 spiro atoms. The summed E-state index contributed by atoms with van der Waals surface area (Å²) in [5, 5.41) is 9.91. The summed E-state index contributed by atoms with van der Waals surface area (Å²) in [4.78, 5) is 0. The minimum absolute atomic E-state index is 0.0365. The van der Waals surface area contributed by atoms with Crippen molar-refractivity contribution < 1.29 is 17.9 Å². The fourth-order valence-electron chi connectivity index (χ4n) is 1.10. The minimum Gasteiger partial charge on any atom is -0.472 e. The zero-order chi connectivity index (χ0) is 10.8. The second kappa shape index (κ2) is 3.74. The molecule has 0 bridgehead atoms. The van der Waals surface area contributed by atoms with Crippen molar-refractivity contribution in [3.8, 4) is 0 Å². The van der Waals surface area contributed by atoms with E-state index in [1.807, 2.05) is 0 Å². The quantitative estimate of drug-likeness (QED) is 0.816. The number of hydrogen-bond donors (Lipinski definition) is 1.